The van der Waals surface area contributed by atoms with E-state index in [1.54, 1.807) is 7.11 Å². The summed E-state index contributed by atoms with van der Waals surface area (Å²) in [6.45, 7) is 2.77. The maximum Gasteiger partial charge on any atom is 0.136 e. The minimum absolute atomic E-state index is 0.0207. The van der Waals surface area contributed by atoms with Crippen LogP contribution in [0.2, 0.25) is 0 Å². The van der Waals surface area contributed by atoms with Crippen LogP contribution in [0, 0.1) is 5.92 Å². The molecule has 1 aromatic heterocycles. The standard InChI is InChI=1S/C17H22N2O2/c1-21-12-13-5-4-8-19(10-13)17-16-7-3-2-6-14(16)9-15(11-20)18-17/h2-3,6-7,9,13,20H,4-5,8,10-12H2,1H3. The van der Waals surface area contributed by atoms with Crippen LogP contribution in [0.4, 0.5) is 5.82 Å². The lowest BCUT2D eigenvalue weighted by Gasteiger charge is -2.34. The highest BCUT2D eigenvalue weighted by Crippen LogP contribution is 2.29. The van der Waals surface area contributed by atoms with E-state index in [0.717, 1.165) is 48.4 Å². The van der Waals surface area contributed by atoms with Crippen LogP contribution >= 0.6 is 0 Å². The van der Waals surface area contributed by atoms with Crippen molar-refractivity contribution < 1.29 is 9.84 Å². The molecule has 1 fully saturated rings. The van der Waals surface area contributed by atoms with E-state index in [4.69, 9.17) is 4.74 Å². The third-order valence-corrected chi connectivity index (χ3v) is 4.16. The lowest BCUT2D eigenvalue weighted by molar-refractivity contribution is 0.143. The Morgan fingerprint density at radius 1 is 1.38 bits per heavy atom. The van der Waals surface area contributed by atoms with Crippen LogP contribution in [0.25, 0.3) is 10.8 Å². The van der Waals surface area contributed by atoms with Gasteiger partial charge in [-0.25, -0.2) is 4.98 Å². The number of anilines is 1. The molecule has 4 nitrogen and oxygen atoms in total. The summed E-state index contributed by atoms with van der Waals surface area (Å²) in [5.41, 5.74) is 0.734. The average molecular weight is 286 g/mol. The van der Waals surface area contributed by atoms with Crippen LogP contribution in [0.1, 0.15) is 18.5 Å². The van der Waals surface area contributed by atoms with Gasteiger partial charge in [-0.05, 0) is 30.2 Å². The highest BCUT2D eigenvalue weighted by Gasteiger charge is 2.22. The van der Waals surface area contributed by atoms with Crippen molar-refractivity contribution in [2.45, 2.75) is 19.4 Å². The Kier molecular flexibility index (Phi) is 4.36. The van der Waals surface area contributed by atoms with Crippen molar-refractivity contribution in [3.05, 3.63) is 36.0 Å². The largest absolute Gasteiger partial charge is 0.390 e. The number of rotatable bonds is 4. The van der Waals surface area contributed by atoms with Gasteiger partial charge in [0.25, 0.3) is 0 Å². The van der Waals surface area contributed by atoms with Crippen molar-refractivity contribution in [3.63, 3.8) is 0 Å². The summed E-state index contributed by atoms with van der Waals surface area (Å²) in [5, 5.41) is 11.8. The van der Waals surface area contributed by atoms with Gasteiger partial charge in [-0.1, -0.05) is 24.3 Å². The maximum absolute atomic E-state index is 9.46. The fraction of sp³-hybridized carbons (Fsp3) is 0.471. The molecule has 2 aromatic rings. The fourth-order valence-corrected chi connectivity index (χ4v) is 3.19. The first-order chi connectivity index (χ1) is 10.3. The molecule has 0 radical (unpaired) electrons. The normalized spacial score (nSPS) is 19.1. The fourth-order valence-electron chi connectivity index (χ4n) is 3.19. The minimum Gasteiger partial charge on any atom is -0.390 e. The second-order valence-electron chi connectivity index (χ2n) is 5.73. The predicted octanol–water partition coefficient (Wildman–Crippen LogP) is 2.59. The van der Waals surface area contributed by atoms with Crippen LogP contribution in [0.5, 0.6) is 0 Å². The summed E-state index contributed by atoms with van der Waals surface area (Å²) in [5.74, 6) is 1.56. The molecule has 1 aromatic carbocycles. The first kappa shape index (κ1) is 14.3. The molecule has 0 aliphatic carbocycles. The average Bonchev–Trinajstić information content (AvgIpc) is 2.54. The van der Waals surface area contributed by atoms with Gasteiger partial charge < -0.3 is 14.7 Å². The third kappa shape index (κ3) is 3.01. The summed E-state index contributed by atoms with van der Waals surface area (Å²) >= 11 is 0. The van der Waals surface area contributed by atoms with Crippen molar-refractivity contribution in [2.24, 2.45) is 5.92 Å². The molecule has 0 amide bonds. The van der Waals surface area contributed by atoms with Crippen LogP contribution in [-0.4, -0.2) is 36.9 Å². The summed E-state index contributed by atoms with van der Waals surface area (Å²) in [7, 11) is 1.76. The number of hydrogen-bond acceptors (Lipinski definition) is 4. The number of aliphatic hydroxyl groups excluding tert-OH is 1. The highest BCUT2D eigenvalue weighted by atomic mass is 16.5. The number of methoxy groups -OCH3 is 1. The molecule has 1 aliphatic heterocycles. The summed E-state index contributed by atoms with van der Waals surface area (Å²) < 4.78 is 5.31. The molecule has 0 spiro atoms. The van der Waals surface area contributed by atoms with Crippen molar-refractivity contribution >= 4 is 16.6 Å². The van der Waals surface area contributed by atoms with Crippen LogP contribution in [0.15, 0.2) is 30.3 Å². The third-order valence-electron chi connectivity index (χ3n) is 4.16. The molecule has 1 unspecified atom stereocenters. The Morgan fingerprint density at radius 3 is 3.05 bits per heavy atom. The van der Waals surface area contributed by atoms with E-state index < -0.39 is 0 Å². The lowest BCUT2D eigenvalue weighted by Crippen LogP contribution is -2.37. The van der Waals surface area contributed by atoms with Gasteiger partial charge in [0.15, 0.2) is 0 Å². The molecule has 1 atom stereocenters. The van der Waals surface area contributed by atoms with Crippen LogP contribution < -0.4 is 4.90 Å². The van der Waals surface area contributed by atoms with E-state index in [-0.39, 0.29) is 6.61 Å². The molecular weight excluding hydrogens is 264 g/mol. The second kappa shape index (κ2) is 6.41. The SMILES string of the molecule is COCC1CCCN(c2nc(CO)cc3ccccc23)C1. The van der Waals surface area contributed by atoms with E-state index in [0.29, 0.717) is 5.92 Å². The zero-order chi connectivity index (χ0) is 14.7. The van der Waals surface area contributed by atoms with E-state index in [2.05, 4.69) is 22.0 Å². The predicted molar refractivity (Wildman–Crippen MR) is 84.5 cm³/mol. The van der Waals surface area contributed by atoms with Crippen LogP contribution in [-0.2, 0) is 11.3 Å². The molecule has 1 saturated heterocycles. The number of aliphatic hydroxyl groups is 1. The molecule has 4 heteroatoms. The van der Waals surface area contributed by atoms with Gasteiger partial charge in [-0.15, -0.1) is 0 Å². The molecule has 2 heterocycles. The molecule has 0 bridgehead atoms. The smallest absolute Gasteiger partial charge is 0.136 e. The van der Waals surface area contributed by atoms with Gasteiger partial charge in [0.05, 0.1) is 18.9 Å². The molecule has 1 aliphatic rings. The number of ether oxygens (including phenoxy) is 1. The number of benzene rings is 1. The molecule has 0 saturated carbocycles. The van der Waals surface area contributed by atoms with Crippen molar-refractivity contribution in [2.75, 3.05) is 31.7 Å². The van der Waals surface area contributed by atoms with E-state index in [9.17, 15) is 5.11 Å². The molecule has 112 valence electrons. The molecule has 21 heavy (non-hydrogen) atoms. The van der Waals surface area contributed by atoms with Gasteiger partial charge >= 0.3 is 0 Å². The Balaban J connectivity index is 1.98. The Labute approximate surface area is 125 Å². The van der Waals surface area contributed by atoms with E-state index in [1.807, 2.05) is 18.2 Å². The van der Waals surface area contributed by atoms with E-state index in [1.165, 1.54) is 6.42 Å². The molecule has 1 N–H and O–H groups in total. The van der Waals surface area contributed by atoms with Gasteiger partial charge in [-0.2, -0.15) is 0 Å². The Bertz CT molecular complexity index is 613. The van der Waals surface area contributed by atoms with Gasteiger partial charge in [0.2, 0.25) is 0 Å². The number of piperidine rings is 1. The summed E-state index contributed by atoms with van der Waals surface area (Å²) in [6, 6.07) is 10.2. The monoisotopic (exact) mass is 286 g/mol. The number of aromatic nitrogens is 1. The Morgan fingerprint density at radius 2 is 2.24 bits per heavy atom. The van der Waals surface area contributed by atoms with E-state index >= 15 is 0 Å². The van der Waals surface area contributed by atoms with Crippen molar-refractivity contribution in [1.82, 2.24) is 4.98 Å². The number of nitrogens with zero attached hydrogens (tertiary/aromatic N) is 2. The van der Waals surface area contributed by atoms with Gasteiger partial charge in [0.1, 0.15) is 5.82 Å². The highest BCUT2D eigenvalue weighted by molar-refractivity contribution is 5.92. The maximum atomic E-state index is 9.46. The minimum atomic E-state index is -0.0207. The Hall–Kier alpha value is -1.65. The molecular formula is C17H22N2O2. The molecule has 3 rings (SSSR count). The van der Waals surface area contributed by atoms with Crippen LogP contribution in [0.3, 0.4) is 0 Å². The zero-order valence-electron chi connectivity index (χ0n) is 12.5. The van der Waals surface area contributed by atoms with Gasteiger partial charge in [0, 0.05) is 25.6 Å². The number of fused-ring (bicyclic) bond motifs is 1. The number of pyridine rings is 1. The summed E-state index contributed by atoms with van der Waals surface area (Å²) in [6.07, 6.45) is 2.37. The first-order valence-corrected chi connectivity index (χ1v) is 7.55. The lowest BCUT2D eigenvalue weighted by atomic mass is 9.98. The quantitative estimate of drug-likeness (QED) is 0.938. The first-order valence-electron chi connectivity index (χ1n) is 7.55. The topological polar surface area (TPSA) is 45.6 Å². The van der Waals surface area contributed by atoms with Gasteiger partial charge in [-0.3, -0.25) is 0 Å². The summed E-state index contributed by atoms with van der Waals surface area (Å²) in [4.78, 5) is 7.01. The zero-order valence-corrected chi connectivity index (χ0v) is 12.5. The second-order valence-corrected chi connectivity index (χ2v) is 5.73. The number of hydrogen-bond donors (Lipinski definition) is 1. The van der Waals surface area contributed by atoms with Crippen molar-refractivity contribution in [3.8, 4) is 0 Å². The van der Waals surface area contributed by atoms with Crippen molar-refractivity contribution in [1.29, 1.82) is 0 Å².